The van der Waals surface area contributed by atoms with E-state index in [1.807, 2.05) is 20.0 Å². The van der Waals surface area contributed by atoms with Crippen LogP contribution in [0.2, 0.25) is 0 Å². The predicted octanol–water partition coefficient (Wildman–Crippen LogP) is 2.98. The van der Waals surface area contributed by atoms with Crippen molar-refractivity contribution in [3.05, 3.63) is 28.8 Å². The molecule has 80 valence electrons. The van der Waals surface area contributed by atoms with Crippen molar-refractivity contribution < 1.29 is 8.83 Å². The first-order valence-corrected chi connectivity index (χ1v) is 5.38. The van der Waals surface area contributed by atoms with Gasteiger partial charge in [0.05, 0.1) is 12.2 Å². The van der Waals surface area contributed by atoms with Gasteiger partial charge in [-0.05, 0) is 42.0 Å². The first-order valence-electron chi connectivity index (χ1n) is 4.59. The fraction of sp³-hybridized carbons (Fsp3) is 0.300. The molecule has 4 nitrogen and oxygen atoms in total. The van der Waals surface area contributed by atoms with E-state index in [0.29, 0.717) is 16.3 Å². The average Bonchev–Trinajstić information content (AvgIpc) is 2.84. The zero-order valence-electron chi connectivity index (χ0n) is 8.45. The molecule has 0 spiro atoms. The normalized spacial score (nSPS) is 13.0. The second kappa shape index (κ2) is 4.20. The molecule has 0 fully saturated rings. The maximum absolute atomic E-state index is 5.55. The van der Waals surface area contributed by atoms with E-state index in [1.165, 1.54) is 0 Å². The van der Waals surface area contributed by atoms with E-state index in [9.17, 15) is 0 Å². The minimum Gasteiger partial charge on any atom is -0.444 e. The van der Waals surface area contributed by atoms with E-state index in [1.54, 1.807) is 12.3 Å². The maximum Gasteiger partial charge on any atom is 0.263 e. The number of oxazole rings is 1. The minimum absolute atomic E-state index is 0.143. The molecule has 1 atom stereocenters. The molecule has 5 heteroatoms. The fourth-order valence-corrected chi connectivity index (χ4v) is 1.48. The summed E-state index contributed by atoms with van der Waals surface area (Å²) in [5.41, 5.74) is 0. The number of hydrogen-bond acceptors (Lipinski definition) is 4. The highest BCUT2D eigenvalue weighted by atomic mass is 79.9. The standard InChI is InChI=1S/C10H11BrN2O2/c1-6(12-2)8-5-13-10(15-8)7-3-4-9(11)14-7/h3-6,12H,1-2H3. The van der Waals surface area contributed by atoms with Crippen LogP contribution in [0.25, 0.3) is 11.7 Å². The molecule has 0 amide bonds. The van der Waals surface area contributed by atoms with Crippen molar-refractivity contribution in [1.82, 2.24) is 10.3 Å². The van der Waals surface area contributed by atoms with Gasteiger partial charge in [-0.1, -0.05) is 0 Å². The number of furan rings is 1. The Hall–Kier alpha value is -1.07. The molecule has 1 unspecified atom stereocenters. The van der Waals surface area contributed by atoms with E-state index >= 15 is 0 Å². The molecule has 1 N–H and O–H groups in total. The van der Waals surface area contributed by atoms with Crippen molar-refractivity contribution in [3.63, 3.8) is 0 Å². The van der Waals surface area contributed by atoms with Gasteiger partial charge in [-0.25, -0.2) is 4.98 Å². The Balaban J connectivity index is 2.27. The third-order valence-corrected chi connectivity index (χ3v) is 2.59. The third-order valence-electron chi connectivity index (χ3n) is 2.17. The van der Waals surface area contributed by atoms with Crippen LogP contribution in [0, 0.1) is 0 Å². The lowest BCUT2D eigenvalue weighted by Crippen LogP contribution is -2.11. The second-order valence-electron chi connectivity index (χ2n) is 3.18. The van der Waals surface area contributed by atoms with Crippen LogP contribution >= 0.6 is 15.9 Å². The Labute approximate surface area is 95.8 Å². The van der Waals surface area contributed by atoms with Gasteiger partial charge in [-0.3, -0.25) is 0 Å². The average molecular weight is 271 g/mol. The summed E-state index contributed by atoms with van der Waals surface area (Å²) in [7, 11) is 1.87. The molecular weight excluding hydrogens is 260 g/mol. The Bertz CT molecular complexity index is 450. The topological polar surface area (TPSA) is 51.2 Å². The quantitative estimate of drug-likeness (QED) is 0.932. The smallest absolute Gasteiger partial charge is 0.263 e. The molecule has 0 saturated heterocycles. The molecule has 0 bridgehead atoms. The van der Waals surface area contributed by atoms with Gasteiger partial charge < -0.3 is 14.2 Å². The molecule has 2 aromatic heterocycles. The van der Waals surface area contributed by atoms with E-state index in [-0.39, 0.29) is 6.04 Å². The number of halogens is 1. The number of hydrogen-bond donors (Lipinski definition) is 1. The van der Waals surface area contributed by atoms with Crippen LogP contribution in [0.5, 0.6) is 0 Å². The summed E-state index contributed by atoms with van der Waals surface area (Å²) in [5, 5.41) is 3.08. The third kappa shape index (κ3) is 2.13. The molecule has 2 heterocycles. The minimum atomic E-state index is 0.143. The molecule has 2 aromatic rings. The number of rotatable bonds is 3. The molecule has 0 aliphatic rings. The molecule has 0 radical (unpaired) electrons. The van der Waals surface area contributed by atoms with E-state index in [4.69, 9.17) is 8.83 Å². The molecule has 2 rings (SSSR count). The first-order chi connectivity index (χ1) is 7.20. The second-order valence-corrected chi connectivity index (χ2v) is 3.96. The highest BCUT2D eigenvalue weighted by molar-refractivity contribution is 9.10. The van der Waals surface area contributed by atoms with Crippen LogP contribution in [0.3, 0.4) is 0 Å². The lowest BCUT2D eigenvalue weighted by Gasteiger charge is -2.03. The van der Waals surface area contributed by atoms with Crippen molar-refractivity contribution in [2.45, 2.75) is 13.0 Å². The Morgan fingerprint density at radius 3 is 2.80 bits per heavy atom. The summed E-state index contributed by atoms with van der Waals surface area (Å²) < 4.78 is 11.5. The van der Waals surface area contributed by atoms with Gasteiger partial charge in [0.2, 0.25) is 0 Å². The van der Waals surface area contributed by atoms with Crippen LogP contribution in [0.15, 0.2) is 31.8 Å². The van der Waals surface area contributed by atoms with Crippen molar-refractivity contribution in [2.24, 2.45) is 0 Å². The van der Waals surface area contributed by atoms with E-state index in [2.05, 4.69) is 26.2 Å². The largest absolute Gasteiger partial charge is 0.444 e. The molecule has 0 saturated carbocycles. The van der Waals surface area contributed by atoms with Gasteiger partial charge in [0.25, 0.3) is 5.89 Å². The summed E-state index contributed by atoms with van der Waals surface area (Å²) in [6.45, 7) is 2.00. The van der Waals surface area contributed by atoms with E-state index in [0.717, 1.165) is 5.76 Å². The molecule has 15 heavy (non-hydrogen) atoms. The Morgan fingerprint density at radius 1 is 1.40 bits per heavy atom. The summed E-state index contributed by atoms with van der Waals surface area (Å²) in [4.78, 5) is 4.15. The molecule has 0 aliphatic carbocycles. The van der Waals surface area contributed by atoms with Gasteiger partial charge in [0, 0.05) is 0 Å². The van der Waals surface area contributed by atoms with Gasteiger partial charge >= 0.3 is 0 Å². The lowest BCUT2D eigenvalue weighted by atomic mass is 10.3. The van der Waals surface area contributed by atoms with Crippen LogP contribution < -0.4 is 5.32 Å². The summed E-state index contributed by atoms with van der Waals surface area (Å²) in [6.07, 6.45) is 1.70. The molecule has 0 aromatic carbocycles. The SMILES string of the molecule is CNC(C)c1cnc(-c2ccc(Br)o2)o1. The van der Waals surface area contributed by atoms with Gasteiger partial charge in [-0.2, -0.15) is 0 Å². The molecular formula is C10H11BrN2O2. The van der Waals surface area contributed by atoms with Crippen LogP contribution in [-0.4, -0.2) is 12.0 Å². The summed E-state index contributed by atoms with van der Waals surface area (Å²) in [5.74, 6) is 1.91. The van der Waals surface area contributed by atoms with Crippen LogP contribution in [-0.2, 0) is 0 Å². The fourth-order valence-electron chi connectivity index (χ4n) is 1.17. The van der Waals surface area contributed by atoms with Crippen molar-refractivity contribution in [2.75, 3.05) is 7.05 Å². The van der Waals surface area contributed by atoms with Gasteiger partial charge in [0.1, 0.15) is 5.76 Å². The van der Waals surface area contributed by atoms with Crippen molar-refractivity contribution in [3.8, 4) is 11.7 Å². The van der Waals surface area contributed by atoms with E-state index < -0.39 is 0 Å². The summed E-state index contributed by atoms with van der Waals surface area (Å²) >= 11 is 3.23. The lowest BCUT2D eigenvalue weighted by molar-refractivity contribution is 0.440. The summed E-state index contributed by atoms with van der Waals surface area (Å²) in [6, 6.07) is 3.76. The van der Waals surface area contributed by atoms with Gasteiger partial charge in [0.15, 0.2) is 10.4 Å². The zero-order valence-corrected chi connectivity index (χ0v) is 10.0. The highest BCUT2D eigenvalue weighted by Gasteiger charge is 2.13. The Morgan fingerprint density at radius 2 is 2.20 bits per heavy atom. The maximum atomic E-state index is 5.55. The monoisotopic (exact) mass is 270 g/mol. The highest BCUT2D eigenvalue weighted by Crippen LogP contribution is 2.26. The number of nitrogens with zero attached hydrogens (tertiary/aromatic N) is 1. The number of nitrogens with one attached hydrogen (secondary N) is 1. The number of aromatic nitrogens is 1. The van der Waals surface area contributed by atoms with Crippen LogP contribution in [0.1, 0.15) is 18.7 Å². The predicted molar refractivity (Wildman–Crippen MR) is 59.4 cm³/mol. The molecule has 0 aliphatic heterocycles. The zero-order chi connectivity index (χ0) is 10.8. The Kier molecular flexibility index (Phi) is 2.93. The first kappa shape index (κ1) is 10.4. The van der Waals surface area contributed by atoms with Crippen LogP contribution in [0.4, 0.5) is 0 Å². The van der Waals surface area contributed by atoms with Crippen molar-refractivity contribution >= 4 is 15.9 Å². The van der Waals surface area contributed by atoms with Gasteiger partial charge in [-0.15, -0.1) is 0 Å². The van der Waals surface area contributed by atoms with Crippen molar-refractivity contribution in [1.29, 1.82) is 0 Å².